The lowest BCUT2D eigenvalue weighted by atomic mass is 10.1. The molecule has 3 rings (SSSR count). The third-order valence-corrected chi connectivity index (χ3v) is 4.25. The van der Waals surface area contributed by atoms with Crippen molar-refractivity contribution >= 4 is 44.1 Å². The molecule has 0 aliphatic rings. The molecule has 0 saturated carbocycles. The minimum absolute atomic E-state index is 0.117. The number of halogens is 1. The van der Waals surface area contributed by atoms with Gasteiger partial charge in [0, 0.05) is 22.7 Å². The summed E-state index contributed by atoms with van der Waals surface area (Å²) in [7, 11) is 1.63. The van der Waals surface area contributed by atoms with Crippen LogP contribution >= 0.6 is 27.3 Å². The first-order valence-electron chi connectivity index (χ1n) is 6.56. The molecular weight excluding hydrogens is 368 g/mol. The number of nitrogens with one attached hydrogen (secondary N) is 1. The molecule has 0 bridgehead atoms. The Kier molecular flexibility index (Phi) is 4.39. The van der Waals surface area contributed by atoms with Crippen molar-refractivity contribution in [2.45, 2.75) is 6.42 Å². The maximum absolute atomic E-state index is 11.6. The number of benzene rings is 1. The fraction of sp³-hybridized carbons (Fsp3) is 0.214. The predicted octanol–water partition coefficient (Wildman–Crippen LogP) is 3.19. The summed E-state index contributed by atoms with van der Waals surface area (Å²) in [5, 5.41) is 9.62. The Bertz CT molecular complexity index is 814. The van der Waals surface area contributed by atoms with E-state index in [4.69, 9.17) is 4.74 Å². The molecule has 0 aliphatic carbocycles. The average molecular weight is 381 g/mol. The van der Waals surface area contributed by atoms with Crippen molar-refractivity contribution in [3.05, 3.63) is 29.6 Å². The molecule has 0 saturated heterocycles. The van der Waals surface area contributed by atoms with E-state index in [0.717, 1.165) is 22.0 Å². The van der Waals surface area contributed by atoms with Gasteiger partial charge in [-0.15, -0.1) is 16.4 Å². The van der Waals surface area contributed by atoms with Gasteiger partial charge in [-0.1, -0.05) is 28.1 Å². The lowest BCUT2D eigenvalue weighted by Crippen LogP contribution is -2.12. The second-order valence-corrected chi connectivity index (χ2v) is 6.07. The van der Waals surface area contributed by atoms with Crippen LogP contribution in [0.15, 0.2) is 29.6 Å². The number of hydrogen-bond donors (Lipinski definition) is 1. The highest BCUT2D eigenvalue weighted by atomic mass is 79.9. The molecule has 0 unspecified atom stereocenters. The van der Waals surface area contributed by atoms with E-state index >= 15 is 0 Å². The van der Waals surface area contributed by atoms with Gasteiger partial charge in [0.1, 0.15) is 5.75 Å². The smallest absolute Gasteiger partial charge is 0.250 e. The van der Waals surface area contributed by atoms with Crippen LogP contribution in [0, 0.1) is 0 Å². The van der Waals surface area contributed by atoms with Gasteiger partial charge in [0.15, 0.2) is 0 Å². The Hall–Kier alpha value is -1.93. The van der Waals surface area contributed by atoms with E-state index in [2.05, 4.69) is 31.3 Å². The van der Waals surface area contributed by atoms with Gasteiger partial charge in [-0.3, -0.25) is 10.1 Å². The molecule has 6 nitrogen and oxygen atoms in total. The SMILES string of the molecule is COc1ccccc1-c1csc2nc(NC(=O)CCBr)nn12. The first kappa shape index (κ1) is 15.0. The summed E-state index contributed by atoms with van der Waals surface area (Å²) in [6.07, 6.45) is 0.381. The third-order valence-electron chi connectivity index (χ3n) is 3.04. The van der Waals surface area contributed by atoms with Gasteiger partial charge in [0.25, 0.3) is 0 Å². The second-order valence-electron chi connectivity index (χ2n) is 4.44. The van der Waals surface area contributed by atoms with Crippen molar-refractivity contribution in [1.29, 1.82) is 0 Å². The monoisotopic (exact) mass is 380 g/mol. The maximum atomic E-state index is 11.6. The molecule has 1 aromatic carbocycles. The van der Waals surface area contributed by atoms with E-state index in [0.29, 0.717) is 17.7 Å². The Labute approximate surface area is 139 Å². The number of alkyl halides is 1. The van der Waals surface area contributed by atoms with Crippen LogP contribution in [-0.4, -0.2) is 32.9 Å². The molecule has 2 heterocycles. The summed E-state index contributed by atoms with van der Waals surface area (Å²) in [6, 6.07) is 7.72. The Morgan fingerprint density at radius 1 is 1.45 bits per heavy atom. The van der Waals surface area contributed by atoms with Crippen LogP contribution in [0.1, 0.15) is 6.42 Å². The van der Waals surface area contributed by atoms with E-state index in [1.165, 1.54) is 11.3 Å². The van der Waals surface area contributed by atoms with E-state index in [9.17, 15) is 4.79 Å². The van der Waals surface area contributed by atoms with Crippen LogP contribution in [-0.2, 0) is 4.79 Å². The zero-order valence-corrected chi connectivity index (χ0v) is 14.1. The molecule has 0 fully saturated rings. The zero-order valence-electron chi connectivity index (χ0n) is 11.7. The molecule has 0 spiro atoms. The Morgan fingerprint density at radius 3 is 3.05 bits per heavy atom. The number of amides is 1. The van der Waals surface area contributed by atoms with Crippen molar-refractivity contribution in [3.8, 4) is 17.0 Å². The molecule has 0 radical (unpaired) electrons. The number of nitrogens with zero attached hydrogens (tertiary/aromatic N) is 3. The molecule has 8 heteroatoms. The standard InChI is InChI=1S/C14H13BrN4O2S/c1-21-11-5-3-2-4-9(11)10-8-22-14-17-13(18-19(10)14)16-12(20)6-7-15/h2-5,8H,6-7H2,1H3,(H,16,18,20). The molecule has 0 atom stereocenters. The number of methoxy groups -OCH3 is 1. The van der Waals surface area contributed by atoms with Crippen LogP contribution in [0.4, 0.5) is 5.95 Å². The minimum Gasteiger partial charge on any atom is -0.496 e. The number of para-hydroxylation sites is 1. The maximum Gasteiger partial charge on any atom is 0.250 e. The van der Waals surface area contributed by atoms with Crippen LogP contribution < -0.4 is 10.1 Å². The van der Waals surface area contributed by atoms with Crippen molar-refractivity contribution in [2.24, 2.45) is 0 Å². The lowest BCUT2D eigenvalue weighted by molar-refractivity contribution is -0.115. The van der Waals surface area contributed by atoms with Gasteiger partial charge in [-0.05, 0) is 12.1 Å². The minimum atomic E-state index is -0.117. The number of fused-ring (bicyclic) bond motifs is 1. The second kappa shape index (κ2) is 6.45. The number of thiazole rings is 1. The number of ether oxygens (including phenoxy) is 1. The summed E-state index contributed by atoms with van der Waals surface area (Å²) in [6.45, 7) is 0. The summed E-state index contributed by atoms with van der Waals surface area (Å²) < 4.78 is 7.10. The summed E-state index contributed by atoms with van der Waals surface area (Å²) in [5.41, 5.74) is 1.81. The number of carbonyl (C=O) groups is 1. The lowest BCUT2D eigenvalue weighted by Gasteiger charge is -2.06. The van der Waals surface area contributed by atoms with Gasteiger partial charge >= 0.3 is 0 Å². The van der Waals surface area contributed by atoms with Gasteiger partial charge < -0.3 is 4.74 Å². The van der Waals surface area contributed by atoms with Crippen LogP contribution in [0.5, 0.6) is 5.75 Å². The molecule has 1 amide bonds. The molecule has 114 valence electrons. The first-order valence-corrected chi connectivity index (χ1v) is 8.56. The van der Waals surface area contributed by atoms with Gasteiger partial charge in [-0.2, -0.15) is 4.98 Å². The van der Waals surface area contributed by atoms with E-state index < -0.39 is 0 Å². The quantitative estimate of drug-likeness (QED) is 0.690. The fourth-order valence-corrected chi connectivity index (χ4v) is 3.23. The van der Waals surface area contributed by atoms with Gasteiger partial charge in [0.2, 0.25) is 16.8 Å². The van der Waals surface area contributed by atoms with Crippen molar-refractivity contribution in [3.63, 3.8) is 0 Å². The van der Waals surface area contributed by atoms with E-state index in [-0.39, 0.29) is 5.91 Å². The highest BCUT2D eigenvalue weighted by molar-refractivity contribution is 9.09. The van der Waals surface area contributed by atoms with Crippen LogP contribution in [0.3, 0.4) is 0 Å². The van der Waals surface area contributed by atoms with E-state index in [1.54, 1.807) is 11.6 Å². The molecular formula is C14H13BrN4O2S. The number of aromatic nitrogens is 3. The number of rotatable bonds is 5. The fourth-order valence-electron chi connectivity index (χ4n) is 2.05. The van der Waals surface area contributed by atoms with Crippen molar-refractivity contribution < 1.29 is 9.53 Å². The molecule has 0 aliphatic heterocycles. The molecule has 1 N–H and O–H groups in total. The predicted molar refractivity (Wildman–Crippen MR) is 89.9 cm³/mol. The highest BCUT2D eigenvalue weighted by Crippen LogP contribution is 2.32. The number of carbonyl (C=O) groups excluding carboxylic acids is 1. The van der Waals surface area contributed by atoms with E-state index in [1.807, 2.05) is 29.6 Å². The molecule has 3 aromatic rings. The first-order chi connectivity index (χ1) is 10.7. The van der Waals surface area contributed by atoms with Gasteiger partial charge in [0.05, 0.1) is 12.8 Å². The topological polar surface area (TPSA) is 68.5 Å². The molecule has 22 heavy (non-hydrogen) atoms. The van der Waals surface area contributed by atoms with Crippen molar-refractivity contribution in [1.82, 2.24) is 14.6 Å². The summed E-state index contributed by atoms with van der Waals surface area (Å²) in [5.74, 6) is 0.963. The van der Waals surface area contributed by atoms with Crippen LogP contribution in [0.2, 0.25) is 0 Å². The Balaban J connectivity index is 1.98. The molecule has 2 aromatic heterocycles. The third kappa shape index (κ3) is 2.84. The van der Waals surface area contributed by atoms with Gasteiger partial charge in [-0.25, -0.2) is 4.52 Å². The number of hydrogen-bond acceptors (Lipinski definition) is 5. The summed E-state index contributed by atoms with van der Waals surface area (Å²) in [4.78, 5) is 16.7. The highest BCUT2D eigenvalue weighted by Gasteiger charge is 2.15. The average Bonchev–Trinajstić information content (AvgIpc) is 3.07. The van der Waals surface area contributed by atoms with Crippen molar-refractivity contribution in [2.75, 3.05) is 17.8 Å². The largest absolute Gasteiger partial charge is 0.496 e. The normalized spacial score (nSPS) is 10.8. The number of anilines is 1. The summed E-state index contributed by atoms with van der Waals surface area (Å²) >= 11 is 4.69. The van der Waals surface area contributed by atoms with Crippen LogP contribution in [0.25, 0.3) is 16.2 Å². The Morgan fingerprint density at radius 2 is 2.27 bits per heavy atom. The zero-order chi connectivity index (χ0) is 15.5.